The van der Waals surface area contributed by atoms with E-state index in [1.54, 1.807) is 30.3 Å². The minimum Gasteiger partial charge on any atom is -0.384 e. The Morgan fingerprint density at radius 3 is 2.47 bits per heavy atom. The van der Waals surface area contributed by atoms with Crippen molar-refractivity contribution in [2.45, 2.75) is 9.79 Å². The van der Waals surface area contributed by atoms with Crippen molar-refractivity contribution in [2.24, 2.45) is 5.73 Å². The molecule has 0 saturated heterocycles. The molecule has 0 radical (unpaired) electrons. The van der Waals surface area contributed by atoms with Gasteiger partial charge in [0.05, 0.1) is 5.02 Å². The molecule has 0 aromatic heterocycles. The molecular formula is C13H9Cl2FN2S. The van der Waals surface area contributed by atoms with E-state index in [4.69, 9.17) is 34.3 Å². The van der Waals surface area contributed by atoms with Crippen LogP contribution in [0.15, 0.2) is 46.2 Å². The first kappa shape index (κ1) is 14.2. The monoisotopic (exact) mass is 314 g/mol. The molecule has 2 aromatic carbocycles. The summed E-state index contributed by atoms with van der Waals surface area (Å²) in [6, 6.07) is 9.38. The fraction of sp³-hybridized carbons (Fsp3) is 0. The van der Waals surface area contributed by atoms with Gasteiger partial charge in [-0.15, -0.1) is 0 Å². The van der Waals surface area contributed by atoms with Gasteiger partial charge in [0.25, 0.3) is 0 Å². The highest BCUT2D eigenvalue weighted by molar-refractivity contribution is 7.99. The second-order valence-corrected chi connectivity index (χ2v) is 5.66. The van der Waals surface area contributed by atoms with Crippen LogP contribution in [0.2, 0.25) is 10.0 Å². The number of halogens is 3. The maximum atomic E-state index is 13.9. The maximum absolute atomic E-state index is 13.9. The van der Waals surface area contributed by atoms with Gasteiger partial charge in [-0.05, 0) is 36.4 Å². The topological polar surface area (TPSA) is 49.9 Å². The summed E-state index contributed by atoms with van der Waals surface area (Å²) < 4.78 is 13.9. The lowest BCUT2D eigenvalue weighted by atomic mass is 10.2. The van der Waals surface area contributed by atoms with Gasteiger partial charge in [0.15, 0.2) is 0 Å². The first-order valence-electron chi connectivity index (χ1n) is 5.24. The van der Waals surface area contributed by atoms with Crippen molar-refractivity contribution in [2.75, 3.05) is 0 Å². The third-order valence-electron chi connectivity index (χ3n) is 2.36. The lowest BCUT2D eigenvalue weighted by molar-refractivity contribution is 0.601. The van der Waals surface area contributed by atoms with Gasteiger partial charge in [0.1, 0.15) is 11.7 Å². The van der Waals surface area contributed by atoms with Gasteiger partial charge >= 0.3 is 0 Å². The van der Waals surface area contributed by atoms with Crippen molar-refractivity contribution in [3.63, 3.8) is 0 Å². The van der Waals surface area contributed by atoms with E-state index in [1.165, 1.54) is 17.8 Å². The lowest BCUT2D eigenvalue weighted by Gasteiger charge is -2.07. The Labute approximate surface area is 124 Å². The number of nitrogens with one attached hydrogen (secondary N) is 1. The Morgan fingerprint density at radius 1 is 1.11 bits per heavy atom. The average molecular weight is 315 g/mol. The van der Waals surface area contributed by atoms with Crippen molar-refractivity contribution >= 4 is 40.8 Å². The summed E-state index contributed by atoms with van der Waals surface area (Å²) in [4.78, 5) is 1.07. The van der Waals surface area contributed by atoms with Crippen molar-refractivity contribution in [1.29, 1.82) is 5.41 Å². The lowest BCUT2D eigenvalue weighted by Crippen LogP contribution is -2.11. The van der Waals surface area contributed by atoms with Crippen molar-refractivity contribution in [3.8, 4) is 0 Å². The zero-order valence-electron chi connectivity index (χ0n) is 9.58. The van der Waals surface area contributed by atoms with Crippen LogP contribution in [-0.4, -0.2) is 5.84 Å². The molecule has 0 heterocycles. The minimum atomic E-state index is -0.450. The normalized spacial score (nSPS) is 10.5. The highest BCUT2D eigenvalue weighted by Gasteiger charge is 2.09. The molecule has 2 aromatic rings. The van der Waals surface area contributed by atoms with Gasteiger partial charge in [0.2, 0.25) is 0 Å². The first-order chi connectivity index (χ1) is 8.97. The number of nitrogen functional groups attached to an aromatic ring is 1. The second-order valence-electron chi connectivity index (χ2n) is 3.74. The highest BCUT2D eigenvalue weighted by atomic mass is 35.5. The van der Waals surface area contributed by atoms with Crippen LogP contribution in [0.3, 0.4) is 0 Å². The van der Waals surface area contributed by atoms with Crippen molar-refractivity contribution < 1.29 is 4.39 Å². The molecule has 0 saturated carbocycles. The molecule has 0 unspecified atom stereocenters. The highest BCUT2D eigenvalue weighted by Crippen LogP contribution is 2.36. The number of amidine groups is 1. The SMILES string of the molecule is N=C(N)c1ccc(Sc2cc(Cl)ccc2Cl)c(F)c1. The van der Waals surface area contributed by atoms with E-state index in [1.807, 2.05) is 0 Å². The van der Waals surface area contributed by atoms with E-state index in [-0.39, 0.29) is 5.84 Å². The Hall–Kier alpha value is -1.23. The summed E-state index contributed by atoms with van der Waals surface area (Å²) >= 11 is 13.1. The molecule has 19 heavy (non-hydrogen) atoms. The van der Waals surface area contributed by atoms with E-state index in [2.05, 4.69) is 0 Å². The number of hydrogen-bond donors (Lipinski definition) is 2. The van der Waals surface area contributed by atoms with Crippen LogP contribution in [0.4, 0.5) is 4.39 Å². The largest absolute Gasteiger partial charge is 0.384 e. The van der Waals surface area contributed by atoms with E-state index in [9.17, 15) is 4.39 Å². The quantitative estimate of drug-likeness (QED) is 0.644. The number of hydrogen-bond acceptors (Lipinski definition) is 2. The van der Waals surface area contributed by atoms with Gasteiger partial charge in [-0.2, -0.15) is 0 Å². The van der Waals surface area contributed by atoms with E-state index >= 15 is 0 Å². The van der Waals surface area contributed by atoms with Crippen molar-refractivity contribution in [3.05, 3.63) is 57.8 Å². The fourth-order valence-corrected chi connectivity index (χ4v) is 2.78. The summed E-state index contributed by atoms with van der Waals surface area (Å²) in [6.07, 6.45) is 0. The molecule has 6 heteroatoms. The molecular weight excluding hydrogens is 306 g/mol. The molecule has 0 bridgehead atoms. The molecule has 98 valence electrons. The van der Waals surface area contributed by atoms with Gasteiger partial charge in [-0.3, -0.25) is 5.41 Å². The predicted molar refractivity (Wildman–Crippen MR) is 78.0 cm³/mol. The Morgan fingerprint density at radius 2 is 1.84 bits per heavy atom. The molecule has 0 fully saturated rings. The van der Waals surface area contributed by atoms with Gasteiger partial charge in [-0.1, -0.05) is 35.0 Å². The third-order valence-corrected chi connectivity index (χ3v) is 4.14. The molecule has 3 N–H and O–H groups in total. The first-order valence-corrected chi connectivity index (χ1v) is 6.81. The second kappa shape index (κ2) is 5.82. The fourth-order valence-electron chi connectivity index (χ4n) is 1.43. The summed E-state index contributed by atoms with van der Waals surface area (Å²) in [6.45, 7) is 0. The minimum absolute atomic E-state index is 0.170. The molecule has 2 rings (SSSR count). The summed E-state index contributed by atoms with van der Waals surface area (Å²) in [7, 11) is 0. The zero-order valence-corrected chi connectivity index (χ0v) is 11.9. The van der Waals surface area contributed by atoms with Crippen LogP contribution in [0.1, 0.15) is 5.56 Å². The smallest absolute Gasteiger partial charge is 0.137 e. The molecule has 0 spiro atoms. The molecule has 0 aliphatic heterocycles. The van der Waals surface area contributed by atoms with E-state index in [0.717, 1.165) is 0 Å². The van der Waals surface area contributed by atoms with Crippen LogP contribution in [0, 0.1) is 11.2 Å². The summed E-state index contributed by atoms with van der Waals surface area (Å²) in [5.41, 5.74) is 5.65. The van der Waals surface area contributed by atoms with Gasteiger partial charge < -0.3 is 5.73 Å². The third kappa shape index (κ3) is 3.41. The molecule has 0 aliphatic rings. The average Bonchev–Trinajstić information content (AvgIpc) is 2.36. The van der Waals surface area contributed by atoms with Crippen molar-refractivity contribution in [1.82, 2.24) is 0 Å². The number of nitrogens with two attached hydrogens (primary N) is 1. The molecule has 0 amide bonds. The summed E-state index contributed by atoms with van der Waals surface area (Å²) in [5, 5.41) is 8.29. The van der Waals surface area contributed by atoms with E-state index < -0.39 is 5.82 Å². The predicted octanol–water partition coefficient (Wildman–Crippen LogP) is 4.57. The van der Waals surface area contributed by atoms with Crippen LogP contribution < -0.4 is 5.73 Å². The summed E-state index contributed by atoms with van der Waals surface area (Å²) in [5.74, 6) is -0.620. The standard InChI is InChI=1S/C13H9Cl2FN2S/c14-8-2-3-9(15)12(6-8)19-11-4-1-7(13(17)18)5-10(11)16/h1-6H,(H3,17,18). The Bertz CT molecular complexity index is 647. The zero-order chi connectivity index (χ0) is 14.0. The van der Waals surface area contributed by atoms with Gasteiger partial charge in [0, 0.05) is 20.4 Å². The van der Waals surface area contributed by atoms with Crippen LogP contribution in [0.5, 0.6) is 0 Å². The Balaban J connectivity index is 2.33. The number of rotatable bonds is 3. The number of benzene rings is 2. The Kier molecular flexibility index (Phi) is 4.34. The molecule has 0 aliphatic carbocycles. The van der Waals surface area contributed by atoms with Crippen LogP contribution in [0.25, 0.3) is 0 Å². The van der Waals surface area contributed by atoms with Gasteiger partial charge in [-0.25, -0.2) is 4.39 Å². The molecule has 0 atom stereocenters. The van der Waals surface area contributed by atoms with E-state index in [0.29, 0.717) is 25.4 Å². The van der Waals surface area contributed by atoms with Crippen LogP contribution in [-0.2, 0) is 0 Å². The van der Waals surface area contributed by atoms with Crippen LogP contribution >= 0.6 is 35.0 Å². The molecule has 2 nitrogen and oxygen atoms in total. The maximum Gasteiger partial charge on any atom is 0.137 e.